The van der Waals surface area contributed by atoms with Gasteiger partial charge < -0.3 is 9.80 Å². The van der Waals surface area contributed by atoms with Gasteiger partial charge in [0.05, 0.1) is 33.7 Å². The van der Waals surface area contributed by atoms with Gasteiger partial charge in [0.1, 0.15) is 6.07 Å². The standard InChI is InChI=1S/C47H56N12S/c1-3-4-5-36-6-10-39(11-7-36)49-34-37-8-12-40(13-9-37)51-52-41-14-18-43(19-15-41)58-28-24-56(25-29-58)22-23-57-26-30-59(31-27-57)44-20-16-42(17-21-44)53-54-47-45-32-38(33-48)35(2)50-46(45)55-60-47/h8-9,12-21,32,34,36,39H,3-7,10-11,22-31H2,1-2H3/b49-34+,52-51?,54-53?. The van der Waals surface area contributed by atoms with Gasteiger partial charge in [-0.3, -0.25) is 14.8 Å². The van der Waals surface area contributed by atoms with Crippen LogP contribution in [0.15, 0.2) is 104 Å². The minimum Gasteiger partial charge on any atom is -0.369 e. The van der Waals surface area contributed by atoms with E-state index in [1.165, 1.54) is 67.9 Å². The second-order valence-electron chi connectivity index (χ2n) is 16.4. The zero-order valence-corrected chi connectivity index (χ0v) is 35.8. The number of aromatic nitrogens is 2. The second-order valence-corrected chi connectivity index (χ2v) is 17.1. The van der Waals surface area contributed by atoms with Crippen LogP contribution in [0, 0.1) is 24.2 Å². The molecule has 0 unspecified atom stereocenters. The number of nitrogens with zero attached hydrogens (tertiary/aromatic N) is 12. The molecule has 8 rings (SSSR count). The summed E-state index contributed by atoms with van der Waals surface area (Å²) in [5.74, 6) is 0.915. The number of rotatable bonds is 14. The van der Waals surface area contributed by atoms with Gasteiger partial charge >= 0.3 is 0 Å². The first-order valence-electron chi connectivity index (χ1n) is 21.8. The molecule has 0 radical (unpaired) electrons. The van der Waals surface area contributed by atoms with Crippen molar-refractivity contribution in [3.63, 3.8) is 0 Å². The molecule has 2 saturated heterocycles. The highest BCUT2D eigenvalue weighted by molar-refractivity contribution is 7.11. The fraction of sp³-hybridized carbons (Fsp3) is 0.447. The Balaban J connectivity index is 0.721. The second kappa shape index (κ2) is 20.2. The minimum absolute atomic E-state index is 0.472. The van der Waals surface area contributed by atoms with Crippen molar-refractivity contribution in [2.24, 2.45) is 31.4 Å². The van der Waals surface area contributed by atoms with Crippen LogP contribution in [-0.2, 0) is 0 Å². The maximum Gasteiger partial charge on any atom is 0.175 e. The lowest BCUT2D eigenvalue weighted by Crippen LogP contribution is -2.51. The molecule has 1 aliphatic carbocycles. The first-order valence-corrected chi connectivity index (χ1v) is 22.6. The Kier molecular flexibility index (Phi) is 13.9. The van der Waals surface area contributed by atoms with Crippen molar-refractivity contribution in [2.75, 3.05) is 75.2 Å². The number of aryl methyl sites for hydroxylation is 1. The fourth-order valence-corrected chi connectivity index (χ4v) is 9.09. The molecule has 0 amide bonds. The topological polar surface area (TPSA) is 124 Å². The predicted molar refractivity (Wildman–Crippen MR) is 245 cm³/mol. The molecule has 0 atom stereocenters. The third-order valence-corrected chi connectivity index (χ3v) is 13.1. The summed E-state index contributed by atoms with van der Waals surface area (Å²) >= 11 is 1.25. The molecule has 2 aliphatic heterocycles. The molecule has 12 nitrogen and oxygen atoms in total. The summed E-state index contributed by atoms with van der Waals surface area (Å²) in [7, 11) is 0. The van der Waals surface area contributed by atoms with Gasteiger partial charge in [0.2, 0.25) is 0 Å². The normalized spacial score (nSPS) is 19.6. The van der Waals surface area contributed by atoms with Crippen molar-refractivity contribution in [3.8, 4) is 6.07 Å². The first-order chi connectivity index (χ1) is 29.5. The molecule has 60 heavy (non-hydrogen) atoms. The third-order valence-electron chi connectivity index (χ3n) is 12.3. The zero-order valence-electron chi connectivity index (χ0n) is 35.0. The molecule has 4 heterocycles. The quantitative estimate of drug-likeness (QED) is 0.0807. The van der Waals surface area contributed by atoms with Crippen LogP contribution >= 0.6 is 11.5 Å². The summed E-state index contributed by atoms with van der Waals surface area (Å²) in [4.78, 5) is 19.4. The molecule has 0 spiro atoms. The first kappa shape index (κ1) is 41.3. The van der Waals surface area contributed by atoms with E-state index in [1.807, 2.05) is 37.4 Å². The van der Waals surface area contributed by atoms with Gasteiger partial charge in [-0.05, 0) is 122 Å². The SMILES string of the molecule is CCCCC1CCC(/N=C/c2ccc(N=Nc3ccc(N4CCN(CCN5CCN(c6ccc(N=Nc7snc8nc(C)c(C#N)cc78)cc6)CC5)CC4)cc3)cc2)CC1. The molecule has 0 N–H and O–H groups in total. The number of azo groups is 2. The molecular formula is C47H56N12S. The molecule has 3 aromatic carbocycles. The molecule has 2 aromatic heterocycles. The third kappa shape index (κ3) is 10.8. The monoisotopic (exact) mass is 820 g/mol. The van der Waals surface area contributed by atoms with Crippen LogP contribution in [0.3, 0.4) is 0 Å². The molecule has 3 aliphatic rings. The van der Waals surface area contributed by atoms with Crippen LogP contribution in [0.4, 0.5) is 33.4 Å². The number of aliphatic imine (C=N–C) groups is 1. The van der Waals surface area contributed by atoms with E-state index in [9.17, 15) is 5.26 Å². The number of unbranched alkanes of at least 4 members (excludes halogenated alkanes) is 1. The fourth-order valence-electron chi connectivity index (χ4n) is 8.46. The average Bonchev–Trinajstić information content (AvgIpc) is 3.70. The number of nitriles is 1. The largest absolute Gasteiger partial charge is 0.369 e. The number of benzene rings is 3. The number of hydrogen-bond donors (Lipinski definition) is 0. The van der Waals surface area contributed by atoms with Gasteiger partial charge in [-0.1, -0.05) is 38.3 Å². The van der Waals surface area contributed by atoms with Crippen molar-refractivity contribution in [2.45, 2.75) is 64.8 Å². The number of anilines is 2. The lowest BCUT2D eigenvalue weighted by molar-refractivity contribution is 0.190. The van der Waals surface area contributed by atoms with Crippen LogP contribution < -0.4 is 9.80 Å². The van der Waals surface area contributed by atoms with Crippen molar-refractivity contribution in [1.29, 1.82) is 5.26 Å². The van der Waals surface area contributed by atoms with Gasteiger partial charge in [-0.25, -0.2) is 4.98 Å². The van der Waals surface area contributed by atoms with E-state index in [4.69, 9.17) is 4.99 Å². The highest BCUT2D eigenvalue weighted by Crippen LogP contribution is 2.33. The van der Waals surface area contributed by atoms with Gasteiger partial charge in [-0.15, -0.1) is 10.2 Å². The molecule has 1 saturated carbocycles. The number of hydrogen-bond acceptors (Lipinski definition) is 13. The van der Waals surface area contributed by atoms with Crippen LogP contribution in [0.25, 0.3) is 11.0 Å². The lowest BCUT2D eigenvalue weighted by Gasteiger charge is -2.39. The summed E-state index contributed by atoms with van der Waals surface area (Å²) in [6, 6.07) is 29.4. The van der Waals surface area contributed by atoms with E-state index in [0.717, 1.165) is 99.4 Å². The Morgan fingerprint density at radius 1 is 0.717 bits per heavy atom. The summed E-state index contributed by atoms with van der Waals surface area (Å²) in [6.07, 6.45) is 11.2. The Bertz CT molecular complexity index is 2270. The minimum atomic E-state index is 0.472. The van der Waals surface area contributed by atoms with Gasteiger partial charge in [0.15, 0.2) is 10.6 Å². The van der Waals surface area contributed by atoms with Crippen molar-refractivity contribution in [3.05, 3.63) is 95.7 Å². The zero-order chi connectivity index (χ0) is 41.1. The van der Waals surface area contributed by atoms with Gasteiger partial charge in [0, 0.05) is 89.1 Å². The number of fused-ring (bicyclic) bond motifs is 1. The Morgan fingerprint density at radius 2 is 1.25 bits per heavy atom. The van der Waals surface area contributed by atoms with E-state index in [2.05, 4.69) is 111 Å². The molecule has 3 fully saturated rings. The summed E-state index contributed by atoms with van der Waals surface area (Å²) in [5, 5.41) is 28.7. The van der Waals surface area contributed by atoms with E-state index >= 15 is 0 Å². The molecule has 310 valence electrons. The molecule has 0 bridgehead atoms. The van der Waals surface area contributed by atoms with Gasteiger partial charge in [-0.2, -0.15) is 19.9 Å². The van der Waals surface area contributed by atoms with Crippen LogP contribution in [-0.4, -0.2) is 96.9 Å². The average molecular weight is 821 g/mol. The van der Waals surface area contributed by atoms with Crippen molar-refractivity contribution >= 4 is 62.2 Å². The van der Waals surface area contributed by atoms with Crippen LogP contribution in [0.1, 0.15) is 68.7 Å². The number of piperazine rings is 2. The lowest BCUT2D eigenvalue weighted by atomic mass is 9.83. The van der Waals surface area contributed by atoms with E-state index in [-0.39, 0.29) is 0 Å². The highest BCUT2D eigenvalue weighted by atomic mass is 32.1. The summed E-state index contributed by atoms with van der Waals surface area (Å²) < 4.78 is 4.38. The van der Waals surface area contributed by atoms with E-state index < -0.39 is 0 Å². The predicted octanol–water partition coefficient (Wildman–Crippen LogP) is 10.8. The maximum atomic E-state index is 9.39. The number of pyridine rings is 1. The molecular weight excluding hydrogens is 765 g/mol. The Hall–Kier alpha value is -5.42. The molecule has 5 aromatic rings. The van der Waals surface area contributed by atoms with E-state index in [1.54, 1.807) is 6.07 Å². The van der Waals surface area contributed by atoms with Crippen molar-refractivity contribution < 1.29 is 0 Å². The maximum absolute atomic E-state index is 9.39. The summed E-state index contributed by atoms with van der Waals surface area (Å²) in [6.45, 7) is 14.6. The van der Waals surface area contributed by atoms with Crippen LogP contribution in [0.5, 0.6) is 0 Å². The Labute approximate surface area is 358 Å². The van der Waals surface area contributed by atoms with Crippen LogP contribution in [0.2, 0.25) is 0 Å². The Morgan fingerprint density at radius 3 is 1.78 bits per heavy atom. The summed E-state index contributed by atoms with van der Waals surface area (Å²) in [5.41, 5.74) is 7.88. The molecule has 13 heteroatoms. The smallest absolute Gasteiger partial charge is 0.175 e. The van der Waals surface area contributed by atoms with E-state index in [0.29, 0.717) is 27.9 Å². The highest BCUT2D eigenvalue weighted by Gasteiger charge is 2.22. The van der Waals surface area contributed by atoms with Gasteiger partial charge in [0.25, 0.3) is 0 Å². The van der Waals surface area contributed by atoms with Crippen molar-refractivity contribution in [1.82, 2.24) is 19.2 Å².